The molecule has 0 spiro atoms. The van der Waals surface area contributed by atoms with Gasteiger partial charge in [0.15, 0.2) is 0 Å². The minimum absolute atomic E-state index is 0.871. The van der Waals surface area contributed by atoms with Gasteiger partial charge in [0, 0.05) is 53.9 Å². The van der Waals surface area contributed by atoms with Gasteiger partial charge in [0.05, 0.1) is 5.69 Å². The van der Waals surface area contributed by atoms with Crippen molar-refractivity contribution in [3.63, 3.8) is 0 Å². The molecule has 11 rings (SSSR count). The largest absolute Gasteiger partial charge is 0.456 e. The van der Waals surface area contributed by atoms with E-state index in [1.807, 2.05) is 23.5 Å². The molecule has 0 fully saturated rings. The first-order valence-corrected chi connectivity index (χ1v) is 19.5. The van der Waals surface area contributed by atoms with Crippen molar-refractivity contribution in [3.8, 4) is 33.4 Å². The van der Waals surface area contributed by atoms with Crippen molar-refractivity contribution in [2.75, 3.05) is 4.90 Å². The second-order valence-corrected chi connectivity index (χ2v) is 15.2. The molecule has 0 amide bonds. The van der Waals surface area contributed by atoms with Gasteiger partial charge in [-0.05, 0) is 99.3 Å². The van der Waals surface area contributed by atoms with Crippen LogP contribution in [0.15, 0.2) is 205 Å². The molecule has 2 aromatic heterocycles. The molecule has 2 nitrogen and oxygen atoms in total. The molecule has 0 N–H and O–H groups in total. The van der Waals surface area contributed by atoms with Gasteiger partial charge in [-0.1, -0.05) is 133 Å². The number of nitrogens with zero attached hydrogens (tertiary/aromatic N) is 1. The van der Waals surface area contributed by atoms with Crippen LogP contribution in [-0.4, -0.2) is 0 Å². The lowest BCUT2D eigenvalue weighted by Gasteiger charge is -2.28. The number of benzene rings is 9. The Morgan fingerprint density at radius 2 is 0.945 bits per heavy atom. The fourth-order valence-electron chi connectivity index (χ4n) is 8.11. The van der Waals surface area contributed by atoms with Gasteiger partial charge >= 0.3 is 0 Å². The molecule has 258 valence electrons. The highest BCUT2D eigenvalue weighted by Crippen LogP contribution is 2.44. The molecular formula is C52H33NOS. The van der Waals surface area contributed by atoms with Crippen LogP contribution in [0.2, 0.25) is 0 Å². The Morgan fingerprint density at radius 1 is 0.345 bits per heavy atom. The van der Waals surface area contributed by atoms with Crippen LogP contribution in [0.3, 0.4) is 0 Å². The van der Waals surface area contributed by atoms with E-state index < -0.39 is 0 Å². The molecule has 0 aliphatic carbocycles. The average molecular weight is 720 g/mol. The molecule has 0 atom stereocenters. The van der Waals surface area contributed by atoms with E-state index in [2.05, 4.69) is 193 Å². The smallest absolute Gasteiger partial charge is 0.137 e. The number of thiophene rings is 1. The number of rotatable bonds is 6. The lowest BCUT2D eigenvalue weighted by Crippen LogP contribution is -2.11. The number of hydrogen-bond acceptors (Lipinski definition) is 3. The lowest BCUT2D eigenvalue weighted by molar-refractivity contribution is 0.669. The summed E-state index contributed by atoms with van der Waals surface area (Å²) in [6.07, 6.45) is 0. The first-order valence-electron chi connectivity index (χ1n) is 18.7. The number of furan rings is 1. The van der Waals surface area contributed by atoms with Crippen molar-refractivity contribution < 1.29 is 4.42 Å². The predicted octanol–water partition coefficient (Wildman–Crippen LogP) is 15.6. The van der Waals surface area contributed by atoms with Crippen LogP contribution in [0.25, 0.3) is 86.3 Å². The number of fused-ring (bicyclic) bond motifs is 7. The van der Waals surface area contributed by atoms with Crippen LogP contribution in [0, 0.1) is 0 Å². The fraction of sp³-hybridized carbons (Fsp3) is 0. The van der Waals surface area contributed by atoms with Crippen molar-refractivity contribution in [3.05, 3.63) is 200 Å². The van der Waals surface area contributed by atoms with Gasteiger partial charge in [-0.2, -0.15) is 0 Å². The van der Waals surface area contributed by atoms with E-state index in [9.17, 15) is 0 Å². The van der Waals surface area contributed by atoms with Crippen LogP contribution in [0.1, 0.15) is 0 Å². The maximum absolute atomic E-state index is 6.42. The standard InChI is InChI=1S/C52H33NOS/c1-2-10-38-31-39(22-21-34(38)9-1)37-19-17-35(18-20-37)36-23-26-41(27-24-36)53(42-28-29-45-44-12-4-7-15-49(44)54-50(45)33-42)48-14-6-3-11-43(48)40-25-30-52-47(32-40)46-13-5-8-16-51(46)55-52/h1-33H. The second-order valence-electron chi connectivity index (χ2n) is 14.1. The summed E-state index contributed by atoms with van der Waals surface area (Å²) in [6.45, 7) is 0. The van der Waals surface area contributed by atoms with E-state index in [0.717, 1.165) is 44.6 Å². The first kappa shape index (κ1) is 31.6. The summed E-state index contributed by atoms with van der Waals surface area (Å²) in [5.74, 6) is 0. The van der Waals surface area contributed by atoms with E-state index in [0.29, 0.717) is 0 Å². The molecule has 2 heterocycles. The van der Waals surface area contributed by atoms with Crippen LogP contribution in [-0.2, 0) is 0 Å². The minimum atomic E-state index is 0.871. The molecule has 0 saturated heterocycles. The summed E-state index contributed by atoms with van der Waals surface area (Å²) in [7, 11) is 0. The van der Waals surface area contributed by atoms with Gasteiger partial charge in [0.25, 0.3) is 0 Å². The SMILES string of the molecule is c1ccc(N(c2ccc(-c3ccc(-c4ccc5ccccc5c4)cc3)cc2)c2ccc3c(c2)oc2ccccc23)c(-c2ccc3sc4ccccc4c3c2)c1. The molecule has 3 heteroatoms. The Balaban J connectivity index is 1.01. The Kier molecular flexibility index (Phi) is 7.39. The molecular weight excluding hydrogens is 687 g/mol. The maximum atomic E-state index is 6.42. The van der Waals surface area contributed by atoms with Crippen LogP contribution >= 0.6 is 11.3 Å². The summed E-state index contributed by atoms with van der Waals surface area (Å²) in [5, 5.41) is 7.35. The molecule has 0 aliphatic heterocycles. The molecule has 0 aliphatic rings. The lowest BCUT2D eigenvalue weighted by atomic mass is 9.98. The van der Waals surface area contributed by atoms with E-state index >= 15 is 0 Å². The third-order valence-corrected chi connectivity index (χ3v) is 12.0. The van der Waals surface area contributed by atoms with Gasteiger partial charge in [-0.15, -0.1) is 11.3 Å². The van der Waals surface area contributed by atoms with Gasteiger partial charge in [0.2, 0.25) is 0 Å². The molecule has 0 unspecified atom stereocenters. The highest BCUT2D eigenvalue weighted by atomic mass is 32.1. The number of anilines is 3. The predicted molar refractivity (Wildman–Crippen MR) is 235 cm³/mol. The van der Waals surface area contributed by atoms with Gasteiger partial charge in [-0.25, -0.2) is 0 Å². The average Bonchev–Trinajstić information content (AvgIpc) is 3.82. The van der Waals surface area contributed by atoms with E-state index in [4.69, 9.17) is 4.42 Å². The van der Waals surface area contributed by atoms with Crippen molar-refractivity contribution >= 4 is 81.3 Å². The number of hydrogen-bond donors (Lipinski definition) is 0. The quantitative estimate of drug-likeness (QED) is 0.170. The third kappa shape index (κ3) is 5.48. The zero-order chi connectivity index (χ0) is 36.3. The fourth-order valence-corrected chi connectivity index (χ4v) is 9.20. The third-order valence-electron chi connectivity index (χ3n) is 10.9. The van der Waals surface area contributed by atoms with E-state index in [-0.39, 0.29) is 0 Å². The zero-order valence-electron chi connectivity index (χ0n) is 29.8. The maximum Gasteiger partial charge on any atom is 0.137 e. The second kappa shape index (κ2) is 12.9. The van der Waals surface area contributed by atoms with Crippen molar-refractivity contribution in [2.45, 2.75) is 0 Å². The molecule has 11 aromatic rings. The Labute approximate surface area is 322 Å². The van der Waals surface area contributed by atoms with Crippen molar-refractivity contribution in [1.82, 2.24) is 0 Å². The summed E-state index contributed by atoms with van der Waals surface area (Å²) >= 11 is 1.85. The Bertz CT molecular complexity index is 3210. The summed E-state index contributed by atoms with van der Waals surface area (Å²) in [4.78, 5) is 2.37. The Morgan fingerprint density at radius 3 is 1.80 bits per heavy atom. The summed E-state index contributed by atoms with van der Waals surface area (Å²) < 4.78 is 9.04. The molecule has 9 aromatic carbocycles. The van der Waals surface area contributed by atoms with E-state index in [1.54, 1.807) is 0 Å². The highest BCUT2D eigenvalue weighted by molar-refractivity contribution is 7.25. The number of para-hydroxylation sites is 2. The van der Waals surface area contributed by atoms with Crippen LogP contribution < -0.4 is 4.90 Å². The monoisotopic (exact) mass is 719 g/mol. The Hall–Kier alpha value is -6.94. The van der Waals surface area contributed by atoms with E-state index in [1.165, 1.54) is 58.8 Å². The summed E-state index contributed by atoms with van der Waals surface area (Å²) in [6, 6.07) is 72.3. The minimum Gasteiger partial charge on any atom is -0.456 e. The highest BCUT2D eigenvalue weighted by Gasteiger charge is 2.20. The van der Waals surface area contributed by atoms with Gasteiger partial charge < -0.3 is 9.32 Å². The van der Waals surface area contributed by atoms with Crippen molar-refractivity contribution in [1.29, 1.82) is 0 Å². The molecule has 0 radical (unpaired) electrons. The zero-order valence-corrected chi connectivity index (χ0v) is 30.6. The van der Waals surface area contributed by atoms with Gasteiger partial charge in [-0.3, -0.25) is 0 Å². The molecule has 0 bridgehead atoms. The first-order chi connectivity index (χ1) is 27.2. The molecule has 0 saturated carbocycles. The van der Waals surface area contributed by atoms with Crippen LogP contribution in [0.5, 0.6) is 0 Å². The van der Waals surface area contributed by atoms with Gasteiger partial charge in [0.1, 0.15) is 11.2 Å². The van der Waals surface area contributed by atoms with Crippen LogP contribution in [0.4, 0.5) is 17.1 Å². The topological polar surface area (TPSA) is 16.4 Å². The summed E-state index contributed by atoms with van der Waals surface area (Å²) in [5.41, 5.74) is 12.1. The molecule has 55 heavy (non-hydrogen) atoms. The van der Waals surface area contributed by atoms with Crippen molar-refractivity contribution in [2.24, 2.45) is 0 Å². The normalized spacial score (nSPS) is 11.6.